The molecule has 0 aromatic carbocycles. The lowest BCUT2D eigenvalue weighted by Gasteiger charge is -2.24. The van der Waals surface area contributed by atoms with Gasteiger partial charge in [0.25, 0.3) is 5.91 Å². The molecular formula is C10H20N2O2S. The quantitative estimate of drug-likeness (QED) is 0.712. The summed E-state index contributed by atoms with van der Waals surface area (Å²) in [6.45, 7) is 6.23. The Morgan fingerprint density at radius 3 is 3.13 bits per heavy atom. The highest BCUT2D eigenvalue weighted by molar-refractivity contribution is 7.99. The molecule has 1 fully saturated rings. The molecule has 88 valence electrons. The molecule has 0 saturated carbocycles. The van der Waals surface area contributed by atoms with Gasteiger partial charge in [0.15, 0.2) is 0 Å². The molecule has 0 aliphatic carbocycles. The SMILES string of the molecule is CCSCC(C)NC(=O)C1CNCCO1. The van der Waals surface area contributed by atoms with E-state index in [1.807, 2.05) is 18.7 Å². The minimum absolute atomic E-state index is 0.00593. The summed E-state index contributed by atoms with van der Waals surface area (Å²) in [5.74, 6) is 2.05. The highest BCUT2D eigenvalue weighted by Gasteiger charge is 2.22. The second-order valence-electron chi connectivity index (χ2n) is 3.63. The monoisotopic (exact) mass is 232 g/mol. The largest absolute Gasteiger partial charge is 0.366 e. The molecule has 1 aliphatic rings. The summed E-state index contributed by atoms with van der Waals surface area (Å²) in [5.41, 5.74) is 0. The van der Waals surface area contributed by atoms with Crippen LogP contribution in [-0.2, 0) is 9.53 Å². The van der Waals surface area contributed by atoms with Gasteiger partial charge in [-0.05, 0) is 12.7 Å². The van der Waals surface area contributed by atoms with Gasteiger partial charge in [-0.15, -0.1) is 0 Å². The zero-order chi connectivity index (χ0) is 11.1. The van der Waals surface area contributed by atoms with E-state index in [1.165, 1.54) is 0 Å². The lowest BCUT2D eigenvalue weighted by atomic mass is 10.2. The Morgan fingerprint density at radius 2 is 2.53 bits per heavy atom. The van der Waals surface area contributed by atoms with Crippen LogP contribution < -0.4 is 10.6 Å². The van der Waals surface area contributed by atoms with Gasteiger partial charge in [0.05, 0.1) is 6.61 Å². The van der Waals surface area contributed by atoms with Crippen LogP contribution in [0.1, 0.15) is 13.8 Å². The molecule has 1 rings (SSSR count). The second-order valence-corrected chi connectivity index (χ2v) is 4.95. The summed E-state index contributed by atoms with van der Waals surface area (Å²) < 4.78 is 5.36. The first-order valence-corrected chi connectivity index (χ1v) is 6.60. The third-order valence-electron chi connectivity index (χ3n) is 2.18. The van der Waals surface area contributed by atoms with Crippen molar-refractivity contribution in [3.05, 3.63) is 0 Å². The highest BCUT2D eigenvalue weighted by atomic mass is 32.2. The average molecular weight is 232 g/mol. The molecule has 0 spiro atoms. The normalized spacial score (nSPS) is 23.5. The lowest BCUT2D eigenvalue weighted by Crippen LogP contribution is -2.50. The van der Waals surface area contributed by atoms with E-state index in [2.05, 4.69) is 17.6 Å². The van der Waals surface area contributed by atoms with E-state index in [0.717, 1.165) is 18.1 Å². The van der Waals surface area contributed by atoms with E-state index in [0.29, 0.717) is 13.2 Å². The molecule has 1 heterocycles. The van der Waals surface area contributed by atoms with Crippen LogP contribution in [0.3, 0.4) is 0 Å². The maximum atomic E-state index is 11.7. The minimum Gasteiger partial charge on any atom is -0.366 e. The van der Waals surface area contributed by atoms with Gasteiger partial charge in [-0.2, -0.15) is 11.8 Å². The van der Waals surface area contributed by atoms with E-state index < -0.39 is 0 Å². The molecule has 0 aromatic rings. The molecule has 0 radical (unpaired) electrons. The first-order chi connectivity index (χ1) is 7.24. The predicted molar refractivity (Wildman–Crippen MR) is 63.2 cm³/mol. The third-order valence-corrected chi connectivity index (χ3v) is 3.32. The molecule has 5 heteroatoms. The van der Waals surface area contributed by atoms with Gasteiger partial charge >= 0.3 is 0 Å². The molecule has 2 N–H and O–H groups in total. The van der Waals surface area contributed by atoms with Crippen molar-refractivity contribution >= 4 is 17.7 Å². The average Bonchev–Trinajstić information content (AvgIpc) is 2.27. The molecule has 2 atom stereocenters. The van der Waals surface area contributed by atoms with Crippen molar-refractivity contribution in [2.75, 3.05) is 31.2 Å². The number of thioether (sulfide) groups is 1. The molecule has 0 bridgehead atoms. The van der Waals surface area contributed by atoms with Crippen molar-refractivity contribution in [2.45, 2.75) is 26.0 Å². The van der Waals surface area contributed by atoms with Gasteiger partial charge in [0, 0.05) is 24.9 Å². The van der Waals surface area contributed by atoms with E-state index >= 15 is 0 Å². The van der Waals surface area contributed by atoms with Crippen LogP contribution in [0.25, 0.3) is 0 Å². The van der Waals surface area contributed by atoms with Crippen LogP contribution in [0, 0.1) is 0 Å². The molecule has 1 aliphatic heterocycles. The fraction of sp³-hybridized carbons (Fsp3) is 0.900. The van der Waals surface area contributed by atoms with Crippen molar-refractivity contribution in [3.8, 4) is 0 Å². The predicted octanol–water partition coefficient (Wildman–Crippen LogP) is 0.233. The van der Waals surface area contributed by atoms with Crippen molar-refractivity contribution < 1.29 is 9.53 Å². The smallest absolute Gasteiger partial charge is 0.250 e. The molecule has 1 amide bonds. The molecule has 0 aromatic heterocycles. The number of nitrogens with one attached hydrogen (secondary N) is 2. The van der Waals surface area contributed by atoms with Crippen molar-refractivity contribution in [2.24, 2.45) is 0 Å². The molecule has 15 heavy (non-hydrogen) atoms. The van der Waals surface area contributed by atoms with E-state index in [-0.39, 0.29) is 18.1 Å². The van der Waals surface area contributed by atoms with Crippen LogP contribution in [0.5, 0.6) is 0 Å². The fourth-order valence-electron chi connectivity index (χ4n) is 1.41. The van der Waals surface area contributed by atoms with Gasteiger partial charge in [0.2, 0.25) is 0 Å². The van der Waals surface area contributed by atoms with Crippen molar-refractivity contribution in [1.29, 1.82) is 0 Å². The summed E-state index contributed by atoms with van der Waals surface area (Å²) >= 11 is 1.83. The van der Waals surface area contributed by atoms with Gasteiger partial charge in [-0.25, -0.2) is 0 Å². The van der Waals surface area contributed by atoms with Crippen LogP contribution in [-0.4, -0.2) is 49.3 Å². The zero-order valence-electron chi connectivity index (χ0n) is 9.41. The fourth-order valence-corrected chi connectivity index (χ4v) is 2.08. The number of carbonyl (C=O) groups is 1. The van der Waals surface area contributed by atoms with Crippen LogP contribution in [0.15, 0.2) is 0 Å². The Hall–Kier alpha value is -0.260. The number of hydrogen-bond donors (Lipinski definition) is 2. The van der Waals surface area contributed by atoms with Crippen LogP contribution in [0.2, 0.25) is 0 Å². The molecule has 1 saturated heterocycles. The van der Waals surface area contributed by atoms with Gasteiger partial charge < -0.3 is 15.4 Å². The van der Waals surface area contributed by atoms with E-state index in [9.17, 15) is 4.79 Å². The number of morpholine rings is 1. The van der Waals surface area contributed by atoms with Crippen LogP contribution >= 0.6 is 11.8 Å². The van der Waals surface area contributed by atoms with Gasteiger partial charge in [-0.1, -0.05) is 6.92 Å². The van der Waals surface area contributed by atoms with Crippen molar-refractivity contribution in [3.63, 3.8) is 0 Å². The standard InChI is InChI=1S/C10H20N2O2S/c1-3-15-7-8(2)12-10(13)9-6-11-4-5-14-9/h8-9,11H,3-7H2,1-2H3,(H,12,13). The Bertz CT molecular complexity index is 196. The number of amides is 1. The molecule has 4 nitrogen and oxygen atoms in total. The van der Waals surface area contributed by atoms with E-state index in [1.54, 1.807) is 0 Å². The molecule has 2 unspecified atom stereocenters. The number of ether oxygens (including phenoxy) is 1. The first kappa shape index (κ1) is 12.8. The Kier molecular flexibility index (Phi) is 6.05. The maximum absolute atomic E-state index is 11.7. The van der Waals surface area contributed by atoms with Crippen LogP contribution in [0.4, 0.5) is 0 Å². The minimum atomic E-state index is -0.312. The van der Waals surface area contributed by atoms with Gasteiger partial charge in [0.1, 0.15) is 6.10 Å². The lowest BCUT2D eigenvalue weighted by molar-refractivity contribution is -0.134. The second kappa shape index (κ2) is 7.09. The number of carbonyl (C=O) groups excluding carboxylic acids is 1. The summed E-state index contributed by atoms with van der Waals surface area (Å²) in [5, 5.41) is 6.10. The summed E-state index contributed by atoms with van der Waals surface area (Å²) in [4.78, 5) is 11.7. The Balaban J connectivity index is 2.21. The number of rotatable bonds is 5. The third kappa shape index (κ3) is 4.86. The maximum Gasteiger partial charge on any atom is 0.250 e. The first-order valence-electron chi connectivity index (χ1n) is 5.44. The molecular weight excluding hydrogens is 212 g/mol. The highest BCUT2D eigenvalue weighted by Crippen LogP contribution is 2.02. The number of hydrogen-bond acceptors (Lipinski definition) is 4. The van der Waals surface area contributed by atoms with Crippen molar-refractivity contribution in [1.82, 2.24) is 10.6 Å². The van der Waals surface area contributed by atoms with E-state index in [4.69, 9.17) is 4.74 Å². The summed E-state index contributed by atoms with van der Waals surface area (Å²) in [7, 11) is 0. The topological polar surface area (TPSA) is 50.4 Å². The zero-order valence-corrected chi connectivity index (χ0v) is 10.2. The summed E-state index contributed by atoms with van der Waals surface area (Å²) in [6, 6.07) is 0.216. The Labute approximate surface area is 95.5 Å². The van der Waals surface area contributed by atoms with Gasteiger partial charge in [-0.3, -0.25) is 4.79 Å². The summed E-state index contributed by atoms with van der Waals surface area (Å²) in [6.07, 6.45) is -0.312. The Morgan fingerprint density at radius 1 is 1.73 bits per heavy atom.